The van der Waals surface area contributed by atoms with Crippen LogP contribution in [0.2, 0.25) is 5.02 Å². The Labute approximate surface area is 169 Å². The third-order valence-electron chi connectivity index (χ3n) is 4.63. The quantitative estimate of drug-likeness (QED) is 0.763. The number of hydrogen-bond donors (Lipinski definition) is 2. The van der Waals surface area contributed by atoms with Gasteiger partial charge in [-0.2, -0.15) is 0 Å². The predicted octanol–water partition coefficient (Wildman–Crippen LogP) is 4.93. The van der Waals surface area contributed by atoms with Gasteiger partial charge in [-0.15, -0.1) is 0 Å². The summed E-state index contributed by atoms with van der Waals surface area (Å²) in [5.41, 5.74) is 3.06. The number of aryl methyl sites for hydroxylation is 1. The van der Waals surface area contributed by atoms with E-state index in [1.807, 2.05) is 36.9 Å². The molecule has 0 atom stereocenters. The molecule has 0 fully saturated rings. The van der Waals surface area contributed by atoms with Crippen molar-refractivity contribution in [1.82, 2.24) is 0 Å². The van der Waals surface area contributed by atoms with Crippen LogP contribution in [0.3, 0.4) is 0 Å². The average molecular weight is 402 g/mol. The second kappa shape index (κ2) is 8.52. The zero-order valence-corrected chi connectivity index (χ0v) is 17.0. The lowest BCUT2D eigenvalue weighted by atomic mass is 9.99. The van der Waals surface area contributed by atoms with Gasteiger partial charge in [0.25, 0.3) is 0 Å². The van der Waals surface area contributed by atoms with Crippen molar-refractivity contribution in [2.45, 2.75) is 26.7 Å². The number of carbonyl (C=O) groups excluding carboxylic acids is 2. The number of methoxy groups -OCH3 is 1. The van der Waals surface area contributed by atoms with E-state index in [4.69, 9.17) is 16.3 Å². The maximum atomic E-state index is 12.5. The molecule has 3 amide bonds. The number of hydrogen-bond acceptors (Lipinski definition) is 3. The summed E-state index contributed by atoms with van der Waals surface area (Å²) in [4.78, 5) is 26.8. The maximum absolute atomic E-state index is 12.5. The molecule has 2 N–H and O–H groups in total. The molecule has 0 saturated heterocycles. The smallest absolute Gasteiger partial charge is 0.323 e. The number of rotatable bonds is 4. The molecule has 0 aliphatic carbocycles. The Hall–Kier alpha value is -2.73. The standard InChI is InChI=1S/C21H24ClN3O3/c1-13(2)20(26)25-10-4-5-14-6-8-16(12-18(14)25)23-21(27)24-17-11-15(22)7-9-19(17)28-3/h6-9,11-13H,4-5,10H2,1-3H3,(H2,23,24,27). The van der Waals surface area contributed by atoms with Crippen LogP contribution in [0.5, 0.6) is 5.75 Å². The zero-order chi connectivity index (χ0) is 20.3. The number of carbonyl (C=O) groups is 2. The van der Waals surface area contributed by atoms with Gasteiger partial charge in [0.1, 0.15) is 5.75 Å². The first-order chi connectivity index (χ1) is 13.4. The minimum absolute atomic E-state index is 0.0823. The molecule has 1 aliphatic rings. The molecular weight excluding hydrogens is 378 g/mol. The number of urea groups is 1. The maximum Gasteiger partial charge on any atom is 0.323 e. The van der Waals surface area contributed by atoms with Crippen molar-refractivity contribution in [1.29, 1.82) is 0 Å². The van der Waals surface area contributed by atoms with Crippen molar-refractivity contribution in [3.8, 4) is 5.75 Å². The lowest BCUT2D eigenvalue weighted by Crippen LogP contribution is -2.38. The number of fused-ring (bicyclic) bond motifs is 1. The highest BCUT2D eigenvalue weighted by Crippen LogP contribution is 2.32. The van der Waals surface area contributed by atoms with Gasteiger partial charge >= 0.3 is 6.03 Å². The number of benzene rings is 2. The van der Waals surface area contributed by atoms with Crippen LogP contribution in [0.15, 0.2) is 36.4 Å². The van der Waals surface area contributed by atoms with Crippen LogP contribution in [0.4, 0.5) is 21.9 Å². The molecule has 1 heterocycles. The Kier molecular flexibility index (Phi) is 6.09. The number of amides is 3. The highest BCUT2D eigenvalue weighted by molar-refractivity contribution is 6.31. The first-order valence-electron chi connectivity index (χ1n) is 9.25. The molecule has 0 spiro atoms. The summed E-state index contributed by atoms with van der Waals surface area (Å²) in [6.45, 7) is 4.48. The van der Waals surface area contributed by atoms with E-state index in [2.05, 4.69) is 10.6 Å². The second-order valence-electron chi connectivity index (χ2n) is 7.02. The summed E-state index contributed by atoms with van der Waals surface area (Å²) < 4.78 is 5.24. The zero-order valence-electron chi connectivity index (χ0n) is 16.2. The van der Waals surface area contributed by atoms with E-state index < -0.39 is 6.03 Å². The summed E-state index contributed by atoms with van der Waals surface area (Å²) in [5, 5.41) is 6.05. The molecule has 0 bridgehead atoms. The Balaban J connectivity index is 1.78. The van der Waals surface area contributed by atoms with Crippen LogP contribution < -0.4 is 20.3 Å². The van der Waals surface area contributed by atoms with Crippen molar-refractivity contribution in [2.24, 2.45) is 5.92 Å². The molecule has 0 saturated carbocycles. The molecule has 3 rings (SSSR count). The highest BCUT2D eigenvalue weighted by atomic mass is 35.5. The highest BCUT2D eigenvalue weighted by Gasteiger charge is 2.24. The van der Waals surface area contributed by atoms with Crippen molar-refractivity contribution >= 4 is 40.6 Å². The molecule has 2 aromatic rings. The second-order valence-corrected chi connectivity index (χ2v) is 7.45. The van der Waals surface area contributed by atoms with E-state index in [1.165, 1.54) is 7.11 Å². The third-order valence-corrected chi connectivity index (χ3v) is 4.87. The van der Waals surface area contributed by atoms with Gasteiger partial charge in [0.2, 0.25) is 5.91 Å². The molecule has 7 heteroatoms. The van der Waals surface area contributed by atoms with Crippen LogP contribution in [-0.4, -0.2) is 25.6 Å². The predicted molar refractivity (Wildman–Crippen MR) is 113 cm³/mol. The topological polar surface area (TPSA) is 70.7 Å². The van der Waals surface area contributed by atoms with Gasteiger partial charge in [-0.3, -0.25) is 4.79 Å². The fraction of sp³-hybridized carbons (Fsp3) is 0.333. The van der Waals surface area contributed by atoms with Crippen LogP contribution in [0, 0.1) is 5.92 Å². The normalized spacial score (nSPS) is 13.1. The van der Waals surface area contributed by atoms with E-state index in [1.54, 1.807) is 18.2 Å². The molecule has 2 aromatic carbocycles. The van der Waals surface area contributed by atoms with E-state index >= 15 is 0 Å². The van der Waals surface area contributed by atoms with Crippen molar-refractivity contribution in [2.75, 3.05) is 29.2 Å². The molecule has 0 unspecified atom stereocenters. The first kappa shape index (κ1) is 20.0. The Morgan fingerprint density at radius 1 is 1.14 bits per heavy atom. The largest absolute Gasteiger partial charge is 0.495 e. The van der Waals surface area contributed by atoms with Gasteiger partial charge in [-0.1, -0.05) is 31.5 Å². The van der Waals surface area contributed by atoms with Gasteiger partial charge in [-0.05, 0) is 48.7 Å². The Bertz CT molecular complexity index is 898. The molecule has 1 aliphatic heterocycles. The van der Waals surface area contributed by atoms with Gasteiger partial charge in [0.05, 0.1) is 12.8 Å². The summed E-state index contributed by atoms with van der Waals surface area (Å²) in [5.74, 6) is 0.520. The number of halogens is 1. The minimum atomic E-state index is -0.418. The van der Waals surface area contributed by atoms with Crippen molar-refractivity contribution in [3.05, 3.63) is 47.0 Å². The molecule has 6 nitrogen and oxygen atoms in total. The summed E-state index contributed by atoms with van der Waals surface area (Å²) in [6, 6.07) is 10.2. The van der Waals surface area contributed by atoms with Crippen LogP contribution in [0.1, 0.15) is 25.8 Å². The van der Waals surface area contributed by atoms with Crippen molar-refractivity contribution in [3.63, 3.8) is 0 Å². The molecule has 148 valence electrons. The lowest BCUT2D eigenvalue weighted by Gasteiger charge is -2.31. The molecular formula is C21H24ClN3O3. The summed E-state index contributed by atoms with van der Waals surface area (Å²) in [6.07, 6.45) is 1.86. The molecule has 0 aromatic heterocycles. The van der Waals surface area contributed by atoms with Crippen LogP contribution >= 0.6 is 11.6 Å². The van der Waals surface area contributed by atoms with Gasteiger partial charge in [-0.25, -0.2) is 4.79 Å². The monoisotopic (exact) mass is 401 g/mol. The summed E-state index contributed by atoms with van der Waals surface area (Å²) in [7, 11) is 1.52. The van der Waals surface area contributed by atoms with Gasteiger partial charge < -0.3 is 20.3 Å². The molecule has 0 radical (unpaired) electrons. The molecule has 28 heavy (non-hydrogen) atoms. The van der Waals surface area contributed by atoms with Crippen LogP contribution in [0.25, 0.3) is 0 Å². The number of nitrogens with zero attached hydrogens (tertiary/aromatic N) is 1. The number of anilines is 3. The Morgan fingerprint density at radius 3 is 2.64 bits per heavy atom. The third kappa shape index (κ3) is 4.39. The SMILES string of the molecule is COc1ccc(Cl)cc1NC(=O)Nc1ccc2c(c1)N(C(=O)C(C)C)CCC2. The van der Waals surface area contributed by atoms with E-state index in [9.17, 15) is 9.59 Å². The lowest BCUT2D eigenvalue weighted by molar-refractivity contribution is -0.121. The Morgan fingerprint density at radius 2 is 1.93 bits per heavy atom. The van der Waals surface area contributed by atoms with Gasteiger partial charge in [0, 0.05) is 28.9 Å². The number of ether oxygens (including phenoxy) is 1. The van der Waals surface area contributed by atoms with E-state index in [0.717, 1.165) is 24.1 Å². The number of nitrogens with one attached hydrogen (secondary N) is 2. The average Bonchev–Trinajstić information content (AvgIpc) is 2.67. The van der Waals surface area contributed by atoms with Gasteiger partial charge in [0.15, 0.2) is 0 Å². The minimum Gasteiger partial charge on any atom is -0.495 e. The first-order valence-corrected chi connectivity index (χ1v) is 9.62. The summed E-state index contributed by atoms with van der Waals surface area (Å²) >= 11 is 6.00. The van der Waals surface area contributed by atoms with E-state index in [0.29, 0.717) is 28.7 Å². The fourth-order valence-electron chi connectivity index (χ4n) is 3.26. The van der Waals surface area contributed by atoms with E-state index in [-0.39, 0.29) is 11.8 Å². The van der Waals surface area contributed by atoms with Crippen molar-refractivity contribution < 1.29 is 14.3 Å². The fourth-order valence-corrected chi connectivity index (χ4v) is 3.43. The van der Waals surface area contributed by atoms with Crippen LogP contribution in [-0.2, 0) is 11.2 Å².